The van der Waals surface area contributed by atoms with Crippen molar-refractivity contribution in [3.05, 3.63) is 30.3 Å². The molecule has 3 aliphatic heterocycles. The highest BCUT2D eigenvalue weighted by Crippen LogP contribution is 2.38. The van der Waals surface area contributed by atoms with Crippen molar-refractivity contribution in [2.75, 3.05) is 42.9 Å². The van der Waals surface area contributed by atoms with Crippen molar-refractivity contribution < 1.29 is 28.2 Å². The number of piperidine rings is 1. The molecule has 190 valence electrons. The third-order valence-electron chi connectivity index (χ3n) is 6.72. The maximum atomic E-state index is 10.6. The zero-order valence-electron chi connectivity index (χ0n) is 19.3. The summed E-state index contributed by atoms with van der Waals surface area (Å²) >= 11 is 0. The quantitative estimate of drug-likeness (QED) is 0.500. The first-order valence-electron chi connectivity index (χ1n) is 11.6. The standard InChI is InChI=1S/C21H28N6O.C2HF3O2/c1-14-19-13-26(15-6-8-22-9-7-15)10-11-27(19)18-12-17(24-25-21(18)23-14)16-4-2-3-5-20(16)28;3-2(4,5)1(6)7/h2-5,12,14-15,19,22,28H,6-11,13H2,1H3,(H,23,25);(H,6,7)/t14-,19+;/m1./s1. The predicted molar refractivity (Wildman–Crippen MR) is 125 cm³/mol. The SMILES string of the molecule is C[C@H]1Nc2nnc(-c3ccccc3O)cc2N2CCN(C3CCNCC3)C[C@@H]12.O=C(O)C(F)(F)F. The Kier molecular flexibility index (Phi) is 7.31. The van der Waals surface area contributed by atoms with E-state index in [-0.39, 0.29) is 5.75 Å². The van der Waals surface area contributed by atoms with Gasteiger partial charge in [-0.3, -0.25) is 4.90 Å². The highest BCUT2D eigenvalue weighted by molar-refractivity contribution is 5.77. The molecule has 2 aromatic rings. The highest BCUT2D eigenvalue weighted by atomic mass is 19.4. The van der Waals surface area contributed by atoms with E-state index < -0.39 is 12.1 Å². The second kappa shape index (κ2) is 10.2. The van der Waals surface area contributed by atoms with E-state index in [4.69, 9.17) is 9.90 Å². The van der Waals surface area contributed by atoms with Crippen molar-refractivity contribution in [2.24, 2.45) is 0 Å². The lowest BCUT2D eigenvalue weighted by molar-refractivity contribution is -0.192. The lowest BCUT2D eigenvalue weighted by Gasteiger charge is -2.50. The molecule has 0 radical (unpaired) electrons. The lowest BCUT2D eigenvalue weighted by Crippen LogP contribution is -2.63. The molecule has 4 N–H and O–H groups in total. The molecule has 3 aliphatic rings. The minimum atomic E-state index is -5.08. The van der Waals surface area contributed by atoms with E-state index in [1.54, 1.807) is 6.07 Å². The lowest BCUT2D eigenvalue weighted by atomic mass is 9.96. The molecule has 0 bridgehead atoms. The maximum Gasteiger partial charge on any atom is 0.490 e. The van der Waals surface area contributed by atoms with Crippen molar-refractivity contribution in [1.82, 2.24) is 20.4 Å². The van der Waals surface area contributed by atoms with E-state index in [2.05, 4.69) is 43.6 Å². The van der Waals surface area contributed by atoms with Gasteiger partial charge in [-0.25, -0.2) is 4.79 Å². The Labute approximate surface area is 200 Å². The van der Waals surface area contributed by atoms with E-state index >= 15 is 0 Å². The smallest absolute Gasteiger partial charge is 0.490 e. The van der Waals surface area contributed by atoms with Crippen LogP contribution in [0.2, 0.25) is 0 Å². The first-order chi connectivity index (χ1) is 16.6. The number of aromatic nitrogens is 2. The number of nitrogens with one attached hydrogen (secondary N) is 2. The average molecular weight is 495 g/mol. The minimum Gasteiger partial charge on any atom is -0.507 e. The van der Waals surface area contributed by atoms with Crippen molar-refractivity contribution >= 4 is 17.5 Å². The van der Waals surface area contributed by atoms with Crippen LogP contribution >= 0.6 is 0 Å². The summed E-state index contributed by atoms with van der Waals surface area (Å²) < 4.78 is 31.7. The van der Waals surface area contributed by atoms with E-state index in [0.717, 1.165) is 49.8 Å². The molecule has 2 atom stereocenters. The number of alkyl halides is 3. The van der Waals surface area contributed by atoms with Crippen molar-refractivity contribution in [3.8, 4) is 17.0 Å². The van der Waals surface area contributed by atoms with Crippen LogP contribution in [-0.4, -0.2) is 88.3 Å². The number of hydrogen-bond acceptors (Lipinski definition) is 8. The second-order valence-corrected chi connectivity index (χ2v) is 8.95. The first-order valence-corrected chi connectivity index (χ1v) is 11.6. The van der Waals surface area contributed by atoms with Crippen LogP contribution in [0.4, 0.5) is 24.7 Å². The summed E-state index contributed by atoms with van der Waals surface area (Å²) in [5.41, 5.74) is 2.54. The van der Waals surface area contributed by atoms with Crippen LogP contribution in [0.25, 0.3) is 11.3 Å². The molecule has 12 heteroatoms. The normalized spacial score (nSPS) is 22.8. The first kappa shape index (κ1) is 25.0. The van der Waals surface area contributed by atoms with E-state index in [1.165, 1.54) is 12.8 Å². The molecular formula is C23H29F3N6O3. The summed E-state index contributed by atoms with van der Waals surface area (Å²) in [6.45, 7) is 7.66. The molecule has 2 saturated heterocycles. The number of benzene rings is 1. The highest BCUT2D eigenvalue weighted by Gasteiger charge is 2.39. The molecular weight excluding hydrogens is 465 g/mol. The average Bonchev–Trinajstić information content (AvgIpc) is 2.84. The van der Waals surface area contributed by atoms with Gasteiger partial charge in [0.05, 0.1) is 17.4 Å². The number of para-hydroxylation sites is 1. The van der Waals surface area contributed by atoms with Gasteiger partial charge >= 0.3 is 12.1 Å². The molecule has 2 fully saturated rings. The summed E-state index contributed by atoms with van der Waals surface area (Å²) in [6, 6.07) is 10.8. The number of fused-ring (bicyclic) bond motifs is 3. The number of phenolic OH excluding ortho intramolecular Hbond substituents is 1. The Hall–Kier alpha value is -3.12. The molecule has 0 saturated carbocycles. The van der Waals surface area contributed by atoms with Crippen LogP contribution in [0.3, 0.4) is 0 Å². The summed E-state index contributed by atoms with van der Waals surface area (Å²) in [5, 5.41) is 33.2. The molecule has 0 amide bonds. The number of piperazine rings is 1. The van der Waals surface area contributed by atoms with Crippen LogP contribution in [0.15, 0.2) is 30.3 Å². The Morgan fingerprint density at radius 2 is 1.83 bits per heavy atom. The van der Waals surface area contributed by atoms with Crippen LogP contribution in [0, 0.1) is 0 Å². The van der Waals surface area contributed by atoms with Gasteiger partial charge in [0.1, 0.15) is 5.75 Å². The minimum absolute atomic E-state index is 0.237. The molecule has 0 spiro atoms. The number of carboxylic acid groups (broad SMARTS) is 1. The number of nitrogens with zero attached hydrogens (tertiary/aromatic N) is 4. The fourth-order valence-electron chi connectivity index (χ4n) is 4.90. The number of carboxylic acids is 1. The molecule has 1 aromatic heterocycles. The Bertz CT molecular complexity index is 1050. The van der Waals surface area contributed by atoms with E-state index in [0.29, 0.717) is 23.8 Å². The van der Waals surface area contributed by atoms with Gasteiger partial charge < -0.3 is 25.7 Å². The monoisotopic (exact) mass is 494 g/mol. The van der Waals surface area contributed by atoms with Gasteiger partial charge in [0.25, 0.3) is 0 Å². The van der Waals surface area contributed by atoms with Gasteiger partial charge in [-0.2, -0.15) is 13.2 Å². The Balaban J connectivity index is 0.000000364. The van der Waals surface area contributed by atoms with Crippen LogP contribution in [0.5, 0.6) is 5.75 Å². The summed E-state index contributed by atoms with van der Waals surface area (Å²) in [4.78, 5) is 14.1. The second-order valence-electron chi connectivity index (χ2n) is 8.95. The van der Waals surface area contributed by atoms with Gasteiger partial charge in [0.2, 0.25) is 0 Å². The molecule has 0 unspecified atom stereocenters. The number of aromatic hydroxyl groups is 1. The number of carbonyl (C=O) groups is 1. The largest absolute Gasteiger partial charge is 0.507 e. The fraction of sp³-hybridized carbons (Fsp3) is 0.522. The van der Waals surface area contributed by atoms with Crippen LogP contribution in [-0.2, 0) is 4.79 Å². The van der Waals surface area contributed by atoms with Gasteiger partial charge in [-0.15, -0.1) is 10.2 Å². The van der Waals surface area contributed by atoms with Gasteiger partial charge in [-0.1, -0.05) is 12.1 Å². The van der Waals surface area contributed by atoms with Crippen molar-refractivity contribution in [2.45, 2.75) is 44.1 Å². The molecule has 1 aromatic carbocycles. The topological polar surface area (TPSA) is 114 Å². The van der Waals surface area contributed by atoms with Crippen LogP contribution < -0.4 is 15.5 Å². The van der Waals surface area contributed by atoms with Crippen LogP contribution in [0.1, 0.15) is 19.8 Å². The van der Waals surface area contributed by atoms with Gasteiger partial charge in [0, 0.05) is 37.3 Å². The van der Waals surface area contributed by atoms with Gasteiger partial charge in [-0.05, 0) is 51.1 Å². The number of phenols is 1. The zero-order chi connectivity index (χ0) is 25.2. The number of aliphatic carboxylic acids is 1. The Morgan fingerprint density at radius 1 is 1.14 bits per heavy atom. The Morgan fingerprint density at radius 3 is 2.49 bits per heavy atom. The van der Waals surface area contributed by atoms with E-state index in [9.17, 15) is 18.3 Å². The molecule has 4 heterocycles. The zero-order valence-corrected chi connectivity index (χ0v) is 19.3. The molecule has 5 rings (SSSR count). The third kappa shape index (κ3) is 5.59. The predicted octanol–water partition coefficient (Wildman–Crippen LogP) is 2.54. The molecule has 9 nitrogen and oxygen atoms in total. The number of rotatable bonds is 2. The third-order valence-corrected chi connectivity index (χ3v) is 6.72. The summed E-state index contributed by atoms with van der Waals surface area (Å²) in [5.74, 6) is -1.67. The van der Waals surface area contributed by atoms with E-state index in [1.807, 2.05) is 18.2 Å². The maximum absolute atomic E-state index is 10.6. The van der Waals surface area contributed by atoms with Gasteiger partial charge in [0.15, 0.2) is 5.82 Å². The fourth-order valence-corrected chi connectivity index (χ4v) is 4.90. The number of anilines is 2. The molecule has 0 aliphatic carbocycles. The summed E-state index contributed by atoms with van der Waals surface area (Å²) in [6.07, 6.45) is -2.60. The number of halogens is 3. The number of hydrogen-bond donors (Lipinski definition) is 4. The van der Waals surface area contributed by atoms with Crippen molar-refractivity contribution in [3.63, 3.8) is 0 Å². The molecule has 35 heavy (non-hydrogen) atoms. The summed E-state index contributed by atoms with van der Waals surface area (Å²) in [7, 11) is 0. The van der Waals surface area contributed by atoms with Crippen molar-refractivity contribution in [1.29, 1.82) is 0 Å².